The highest BCUT2D eigenvalue weighted by Crippen LogP contribution is 2.20. The summed E-state index contributed by atoms with van der Waals surface area (Å²) in [6, 6.07) is 10.9. The second kappa shape index (κ2) is 9.09. The van der Waals surface area contributed by atoms with Crippen LogP contribution >= 0.6 is 0 Å². The number of hydrogen-bond acceptors (Lipinski definition) is 3. The number of anilines is 1. The Morgan fingerprint density at radius 1 is 1.07 bits per heavy atom. The molecule has 3 aromatic rings. The maximum Gasteiger partial charge on any atom is 0.313 e. The highest BCUT2D eigenvalue weighted by atomic mass is 19.1. The molecule has 3 rings (SSSR count). The van der Waals surface area contributed by atoms with Gasteiger partial charge < -0.3 is 10.6 Å². The van der Waals surface area contributed by atoms with Gasteiger partial charge in [-0.1, -0.05) is 24.3 Å². The summed E-state index contributed by atoms with van der Waals surface area (Å²) in [6.07, 6.45) is 3.22. The fourth-order valence-corrected chi connectivity index (χ4v) is 2.89. The van der Waals surface area contributed by atoms with Crippen molar-refractivity contribution in [1.82, 2.24) is 15.1 Å². The molecule has 1 atom stereocenters. The van der Waals surface area contributed by atoms with E-state index >= 15 is 0 Å². The Morgan fingerprint density at radius 3 is 2.45 bits per heavy atom. The van der Waals surface area contributed by atoms with Gasteiger partial charge >= 0.3 is 11.8 Å². The molecule has 0 fully saturated rings. The molecular weight excluding hydrogens is 378 g/mol. The average Bonchev–Trinajstić information content (AvgIpc) is 3.15. The summed E-state index contributed by atoms with van der Waals surface area (Å²) in [6.45, 7) is 2.51. The molecule has 150 valence electrons. The monoisotopic (exact) mass is 398 g/mol. The van der Waals surface area contributed by atoms with Gasteiger partial charge in [0.1, 0.15) is 11.6 Å². The second-order valence-electron chi connectivity index (χ2n) is 6.45. The van der Waals surface area contributed by atoms with Crippen LogP contribution in [0.3, 0.4) is 0 Å². The lowest BCUT2D eigenvalue weighted by molar-refractivity contribution is -0.136. The fourth-order valence-electron chi connectivity index (χ4n) is 2.89. The Morgan fingerprint density at radius 2 is 1.79 bits per heavy atom. The second-order valence-corrected chi connectivity index (χ2v) is 6.45. The van der Waals surface area contributed by atoms with Gasteiger partial charge in [-0.2, -0.15) is 5.10 Å². The molecule has 0 aliphatic rings. The summed E-state index contributed by atoms with van der Waals surface area (Å²) in [4.78, 5) is 24.7. The summed E-state index contributed by atoms with van der Waals surface area (Å²) < 4.78 is 28.8. The first-order chi connectivity index (χ1) is 13.9. The minimum Gasteiger partial charge on any atom is -0.341 e. The van der Waals surface area contributed by atoms with Crippen molar-refractivity contribution in [3.05, 3.63) is 83.7 Å². The molecule has 1 heterocycles. The van der Waals surface area contributed by atoms with Crippen molar-refractivity contribution in [1.29, 1.82) is 0 Å². The van der Waals surface area contributed by atoms with Crippen LogP contribution in [0, 0.1) is 11.6 Å². The zero-order valence-corrected chi connectivity index (χ0v) is 15.7. The number of aromatic nitrogens is 2. The SMILES string of the molecule is CCn1cc(NC(=O)C(=O)NC(Cc2cccc(F)c2)c2cccc(F)c2)cn1. The van der Waals surface area contributed by atoms with Crippen LogP contribution < -0.4 is 10.6 Å². The Balaban J connectivity index is 1.76. The van der Waals surface area contributed by atoms with Crippen LogP contribution in [0.2, 0.25) is 0 Å². The van der Waals surface area contributed by atoms with Gasteiger partial charge in [0.15, 0.2) is 0 Å². The first-order valence-electron chi connectivity index (χ1n) is 9.09. The van der Waals surface area contributed by atoms with E-state index < -0.39 is 29.5 Å². The molecule has 2 amide bonds. The van der Waals surface area contributed by atoms with Crippen molar-refractivity contribution in [2.24, 2.45) is 0 Å². The number of hydrogen-bond donors (Lipinski definition) is 2. The van der Waals surface area contributed by atoms with Gasteiger partial charge in [-0.3, -0.25) is 14.3 Å². The van der Waals surface area contributed by atoms with Gasteiger partial charge in [-0.15, -0.1) is 0 Å². The Bertz CT molecular complexity index is 1020. The number of nitrogens with one attached hydrogen (secondary N) is 2. The van der Waals surface area contributed by atoms with Crippen molar-refractivity contribution in [2.45, 2.75) is 25.9 Å². The standard InChI is InChI=1S/C21H20F2N4O2/c1-2-27-13-18(12-24-27)25-20(28)21(29)26-19(15-6-4-8-17(23)11-15)10-14-5-3-7-16(22)9-14/h3-9,11-13,19H,2,10H2,1H3,(H,25,28)(H,26,29). The number of benzene rings is 2. The third kappa shape index (κ3) is 5.47. The summed E-state index contributed by atoms with van der Waals surface area (Å²) >= 11 is 0. The van der Waals surface area contributed by atoms with E-state index in [2.05, 4.69) is 15.7 Å². The molecule has 0 radical (unpaired) electrons. The molecule has 0 saturated heterocycles. The normalized spacial score (nSPS) is 11.7. The molecule has 1 unspecified atom stereocenters. The lowest BCUT2D eigenvalue weighted by atomic mass is 9.98. The first-order valence-corrected chi connectivity index (χ1v) is 9.09. The predicted molar refractivity (Wildman–Crippen MR) is 104 cm³/mol. The summed E-state index contributed by atoms with van der Waals surface area (Å²) in [5.74, 6) is -2.66. The Kier molecular flexibility index (Phi) is 6.33. The van der Waals surface area contributed by atoms with E-state index in [-0.39, 0.29) is 6.42 Å². The molecule has 2 aromatic carbocycles. The van der Waals surface area contributed by atoms with Crippen molar-refractivity contribution in [3.63, 3.8) is 0 Å². The molecule has 8 heteroatoms. The van der Waals surface area contributed by atoms with E-state index in [0.717, 1.165) is 0 Å². The van der Waals surface area contributed by atoms with Crippen molar-refractivity contribution >= 4 is 17.5 Å². The van der Waals surface area contributed by atoms with Crippen molar-refractivity contribution in [3.8, 4) is 0 Å². The van der Waals surface area contributed by atoms with Gasteiger partial charge in [-0.05, 0) is 48.7 Å². The number of nitrogens with zero attached hydrogens (tertiary/aromatic N) is 2. The van der Waals surface area contributed by atoms with Crippen LogP contribution in [0.1, 0.15) is 24.1 Å². The number of amides is 2. The maximum absolute atomic E-state index is 13.7. The molecule has 0 bridgehead atoms. The van der Waals surface area contributed by atoms with Gasteiger partial charge in [-0.25, -0.2) is 8.78 Å². The maximum atomic E-state index is 13.7. The summed E-state index contributed by atoms with van der Waals surface area (Å²) in [5.41, 5.74) is 1.46. The minimum absolute atomic E-state index is 0.188. The smallest absolute Gasteiger partial charge is 0.313 e. The quantitative estimate of drug-likeness (QED) is 0.626. The average molecular weight is 398 g/mol. The third-order valence-corrected chi connectivity index (χ3v) is 4.31. The number of carbonyl (C=O) groups is 2. The largest absolute Gasteiger partial charge is 0.341 e. The molecule has 0 saturated carbocycles. The predicted octanol–water partition coefficient (Wildman–Crippen LogP) is 3.22. The van der Waals surface area contributed by atoms with Gasteiger partial charge in [0.25, 0.3) is 0 Å². The van der Waals surface area contributed by atoms with Gasteiger partial charge in [0, 0.05) is 12.7 Å². The van der Waals surface area contributed by atoms with Crippen LogP contribution in [0.25, 0.3) is 0 Å². The molecular formula is C21H20F2N4O2. The van der Waals surface area contributed by atoms with Gasteiger partial charge in [0.05, 0.1) is 17.9 Å². The number of rotatable bonds is 6. The third-order valence-electron chi connectivity index (χ3n) is 4.31. The highest BCUT2D eigenvalue weighted by Gasteiger charge is 2.21. The minimum atomic E-state index is -0.889. The fraction of sp³-hybridized carbons (Fsp3) is 0.190. The topological polar surface area (TPSA) is 76.0 Å². The zero-order valence-electron chi connectivity index (χ0n) is 15.7. The molecule has 6 nitrogen and oxygen atoms in total. The van der Waals surface area contributed by atoms with E-state index in [4.69, 9.17) is 0 Å². The van der Waals surface area contributed by atoms with Crippen molar-refractivity contribution < 1.29 is 18.4 Å². The summed E-state index contributed by atoms with van der Waals surface area (Å²) in [7, 11) is 0. The van der Waals surface area contributed by atoms with Crippen LogP contribution in [-0.4, -0.2) is 21.6 Å². The molecule has 1 aromatic heterocycles. The van der Waals surface area contributed by atoms with Crippen molar-refractivity contribution in [2.75, 3.05) is 5.32 Å². The lowest BCUT2D eigenvalue weighted by Crippen LogP contribution is -2.38. The van der Waals surface area contributed by atoms with Crippen LogP contribution in [-0.2, 0) is 22.6 Å². The molecule has 0 aliphatic heterocycles. The lowest BCUT2D eigenvalue weighted by Gasteiger charge is -2.19. The van der Waals surface area contributed by atoms with E-state index in [1.54, 1.807) is 29.1 Å². The highest BCUT2D eigenvalue weighted by molar-refractivity contribution is 6.39. The van der Waals surface area contributed by atoms with Gasteiger partial charge in [0.2, 0.25) is 0 Å². The Labute approximate surface area is 166 Å². The van der Waals surface area contributed by atoms with E-state index in [9.17, 15) is 18.4 Å². The van der Waals surface area contributed by atoms with E-state index in [0.29, 0.717) is 23.4 Å². The number of carbonyl (C=O) groups excluding carboxylic acids is 2. The van der Waals surface area contributed by atoms with Crippen LogP contribution in [0.4, 0.5) is 14.5 Å². The van der Waals surface area contributed by atoms with Crippen LogP contribution in [0.15, 0.2) is 60.9 Å². The van der Waals surface area contributed by atoms with E-state index in [1.807, 2.05) is 6.92 Å². The first kappa shape index (κ1) is 20.2. The molecule has 0 aliphatic carbocycles. The number of halogens is 2. The molecule has 29 heavy (non-hydrogen) atoms. The van der Waals surface area contributed by atoms with E-state index in [1.165, 1.54) is 36.5 Å². The zero-order chi connectivity index (χ0) is 20.8. The molecule has 0 spiro atoms. The number of aryl methyl sites for hydroxylation is 1. The summed E-state index contributed by atoms with van der Waals surface area (Å²) in [5, 5.41) is 9.09. The molecule has 2 N–H and O–H groups in total. The Hall–Kier alpha value is -3.55. The van der Waals surface area contributed by atoms with Crippen LogP contribution in [0.5, 0.6) is 0 Å².